The van der Waals surface area contributed by atoms with Crippen molar-refractivity contribution in [3.05, 3.63) is 23.9 Å². The number of ether oxygens (including phenoxy) is 2. The van der Waals surface area contributed by atoms with Gasteiger partial charge in [-0.15, -0.1) is 5.10 Å². The molecule has 3 aromatic heterocycles. The standard InChI is InChI=1S/C30H48N8O4Si/c1-11-40-19-18-38-24-23(26(35-38)42-43(9,10)30(6,7)8)33-27(34-25(24)32-22-20-21(2)12-13-31-22)36-14-16-37(17-15-36)28(39)41-29(3,4)5/h12-13,20H,11,14-19H2,1-10H3,(H,31,32,33,34). The first kappa shape index (κ1) is 32.5. The molecule has 3 aromatic rings. The van der Waals surface area contributed by atoms with Gasteiger partial charge in [-0.2, -0.15) is 4.98 Å². The van der Waals surface area contributed by atoms with Crippen LogP contribution in [0, 0.1) is 6.92 Å². The number of hydrogen-bond donors (Lipinski definition) is 1. The van der Waals surface area contributed by atoms with Crippen molar-refractivity contribution in [1.29, 1.82) is 0 Å². The molecule has 0 spiro atoms. The van der Waals surface area contributed by atoms with Gasteiger partial charge in [0.25, 0.3) is 8.32 Å². The van der Waals surface area contributed by atoms with Gasteiger partial charge in [0.1, 0.15) is 16.9 Å². The number of pyridine rings is 1. The van der Waals surface area contributed by atoms with E-state index >= 15 is 0 Å². The number of nitrogens with zero attached hydrogens (tertiary/aromatic N) is 7. The highest BCUT2D eigenvalue weighted by atomic mass is 28.4. The molecule has 236 valence electrons. The van der Waals surface area contributed by atoms with Crippen LogP contribution in [0.2, 0.25) is 18.1 Å². The van der Waals surface area contributed by atoms with E-state index < -0.39 is 13.9 Å². The van der Waals surface area contributed by atoms with Crippen molar-refractivity contribution in [2.24, 2.45) is 0 Å². The van der Waals surface area contributed by atoms with Gasteiger partial charge in [-0.3, -0.25) is 4.68 Å². The molecule has 0 radical (unpaired) electrons. The van der Waals surface area contributed by atoms with Gasteiger partial charge in [0.15, 0.2) is 11.3 Å². The molecule has 0 bridgehead atoms. The predicted molar refractivity (Wildman–Crippen MR) is 172 cm³/mol. The average molecular weight is 613 g/mol. The molecule has 1 N–H and O–H groups in total. The molecule has 13 heteroatoms. The van der Waals surface area contributed by atoms with Crippen LogP contribution in [-0.4, -0.2) is 89.0 Å². The summed E-state index contributed by atoms with van der Waals surface area (Å²) in [6.07, 6.45) is 1.46. The molecular weight excluding hydrogens is 564 g/mol. The summed E-state index contributed by atoms with van der Waals surface area (Å²) in [6.45, 7) is 24.4. The summed E-state index contributed by atoms with van der Waals surface area (Å²) in [6, 6.07) is 3.93. The Labute approximate surface area is 256 Å². The fourth-order valence-electron chi connectivity index (χ4n) is 4.33. The van der Waals surface area contributed by atoms with Crippen molar-refractivity contribution in [3.63, 3.8) is 0 Å². The third-order valence-electron chi connectivity index (χ3n) is 7.73. The van der Waals surface area contributed by atoms with Gasteiger partial charge in [0, 0.05) is 39.0 Å². The lowest BCUT2D eigenvalue weighted by Crippen LogP contribution is -2.50. The number of hydrogen-bond acceptors (Lipinski definition) is 10. The molecule has 4 rings (SSSR count). The van der Waals surface area contributed by atoms with E-state index in [0.29, 0.717) is 74.9 Å². The molecule has 4 heterocycles. The highest BCUT2D eigenvalue weighted by Gasteiger charge is 2.40. The van der Waals surface area contributed by atoms with Crippen LogP contribution in [0.1, 0.15) is 54.0 Å². The van der Waals surface area contributed by atoms with E-state index in [4.69, 9.17) is 29.0 Å². The summed E-state index contributed by atoms with van der Waals surface area (Å²) >= 11 is 0. The predicted octanol–water partition coefficient (Wildman–Crippen LogP) is 5.75. The Kier molecular flexibility index (Phi) is 9.55. The molecule has 1 amide bonds. The number of carbonyl (C=O) groups is 1. The number of carbonyl (C=O) groups excluding carboxylic acids is 1. The molecule has 1 saturated heterocycles. The van der Waals surface area contributed by atoms with Crippen LogP contribution in [0.25, 0.3) is 11.0 Å². The van der Waals surface area contributed by atoms with Gasteiger partial charge in [-0.1, -0.05) is 20.8 Å². The van der Waals surface area contributed by atoms with Crippen molar-refractivity contribution < 1.29 is 18.7 Å². The van der Waals surface area contributed by atoms with E-state index in [1.165, 1.54) is 0 Å². The van der Waals surface area contributed by atoms with Crippen LogP contribution in [0.3, 0.4) is 0 Å². The largest absolute Gasteiger partial charge is 0.528 e. The lowest BCUT2D eigenvalue weighted by atomic mass is 10.2. The van der Waals surface area contributed by atoms with Crippen molar-refractivity contribution in [2.45, 2.75) is 85.7 Å². The molecule has 0 atom stereocenters. The Balaban J connectivity index is 1.77. The zero-order valence-corrected chi connectivity index (χ0v) is 28.4. The second-order valence-corrected chi connectivity index (χ2v) is 18.2. The Morgan fingerprint density at radius 2 is 1.77 bits per heavy atom. The lowest BCUT2D eigenvalue weighted by Gasteiger charge is -2.36. The minimum atomic E-state index is -2.26. The minimum Gasteiger partial charge on any atom is -0.528 e. The van der Waals surface area contributed by atoms with Crippen LogP contribution in [0.4, 0.5) is 22.4 Å². The molecule has 0 unspecified atom stereocenters. The topological polar surface area (TPSA) is 120 Å². The van der Waals surface area contributed by atoms with Gasteiger partial charge in [0.05, 0.1) is 13.2 Å². The Bertz CT molecular complexity index is 1420. The summed E-state index contributed by atoms with van der Waals surface area (Å²) in [5, 5.41) is 8.34. The SMILES string of the molecule is CCOCCn1nc(O[Si](C)(C)C(C)(C)C)c2nc(N3CCN(C(=O)OC(C)(C)C)CC3)nc(Nc3cc(C)ccn3)c21. The van der Waals surface area contributed by atoms with Crippen LogP contribution >= 0.6 is 0 Å². The van der Waals surface area contributed by atoms with Crippen LogP contribution in [0.5, 0.6) is 5.88 Å². The number of piperazine rings is 1. The molecule has 0 saturated carbocycles. The van der Waals surface area contributed by atoms with Crippen molar-refractivity contribution in [3.8, 4) is 5.88 Å². The molecule has 0 aliphatic carbocycles. The Morgan fingerprint density at radius 3 is 2.37 bits per heavy atom. The third-order valence-corrected chi connectivity index (χ3v) is 12.0. The summed E-state index contributed by atoms with van der Waals surface area (Å²) in [7, 11) is -2.26. The number of aromatic nitrogens is 5. The fourth-order valence-corrected chi connectivity index (χ4v) is 5.26. The first-order valence-electron chi connectivity index (χ1n) is 15.1. The lowest BCUT2D eigenvalue weighted by molar-refractivity contribution is 0.0240. The molecule has 1 aliphatic heterocycles. The summed E-state index contributed by atoms with van der Waals surface area (Å²) in [4.78, 5) is 31.1. The van der Waals surface area contributed by atoms with Crippen LogP contribution in [-0.2, 0) is 16.0 Å². The number of aryl methyl sites for hydroxylation is 1. The Morgan fingerprint density at radius 1 is 1.07 bits per heavy atom. The molecule has 43 heavy (non-hydrogen) atoms. The second kappa shape index (κ2) is 12.6. The van der Waals surface area contributed by atoms with Gasteiger partial charge in [-0.25, -0.2) is 14.8 Å². The van der Waals surface area contributed by atoms with E-state index in [1.54, 1.807) is 11.1 Å². The maximum absolute atomic E-state index is 12.7. The third kappa shape index (κ3) is 7.94. The number of nitrogens with one attached hydrogen (secondary N) is 1. The van der Waals surface area contributed by atoms with E-state index in [2.05, 4.69) is 49.1 Å². The fraction of sp³-hybridized carbons (Fsp3) is 0.633. The summed E-state index contributed by atoms with van der Waals surface area (Å²) < 4.78 is 19.9. The molecule has 1 fully saturated rings. The number of amides is 1. The highest BCUT2D eigenvalue weighted by Crippen LogP contribution is 2.40. The molecule has 12 nitrogen and oxygen atoms in total. The monoisotopic (exact) mass is 612 g/mol. The summed E-state index contributed by atoms with van der Waals surface area (Å²) in [5.41, 5.74) is 1.90. The zero-order valence-electron chi connectivity index (χ0n) is 27.4. The van der Waals surface area contributed by atoms with Gasteiger partial charge >= 0.3 is 6.09 Å². The minimum absolute atomic E-state index is 0.0329. The van der Waals surface area contributed by atoms with E-state index in [9.17, 15) is 4.79 Å². The van der Waals surface area contributed by atoms with Crippen LogP contribution < -0.4 is 14.6 Å². The summed E-state index contributed by atoms with van der Waals surface area (Å²) in [5.74, 6) is 2.29. The van der Waals surface area contributed by atoms with E-state index in [-0.39, 0.29) is 11.1 Å². The first-order chi connectivity index (χ1) is 20.1. The van der Waals surface area contributed by atoms with Gasteiger partial charge in [0.2, 0.25) is 11.8 Å². The number of rotatable bonds is 9. The maximum Gasteiger partial charge on any atom is 0.410 e. The highest BCUT2D eigenvalue weighted by molar-refractivity contribution is 6.74. The first-order valence-corrected chi connectivity index (χ1v) is 18.0. The van der Waals surface area contributed by atoms with Crippen molar-refractivity contribution in [2.75, 3.05) is 49.6 Å². The quantitative estimate of drug-likeness (QED) is 0.236. The molecule has 0 aromatic carbocycles. The van der Waals surface area contributed by atoms with Crippen molar-refractivity contribution >= 4 is 43.0 Å². The average Bonchev–Trinajstić information content (AvgIpc) is 3.24. The van der Waals surface area contributed by atoms with Gasteiger partial charge in [-0.05, 0) is 70.4 Å². The zero-order chi connectivity index (χ0) is 31.6. The van der Waals surface area contributed by atoms with Crippen molar-refractivity contribution in [1.82, 2.24) is 29.6 Å². The van der Waals surface area contributed by atoms with Crippen LogP contribution in [0.15, 0.2) is 18.3 Å². The molecular formula is C30H48N8O4Si. The smallest absolute Gasteiger partial charge is 0.410 e. The normalized spacial score (nSPS) is 14.7. The maximum atomic E-state index is 12.7. The number of fused-ring (bicyclic) bond motifs is 1. The number of anilines is 3. The van der Waals surface area contributed by atoms with E-state index in [0.717, 1.165) is 11.1 Å². The Hall–Kier alpha value is -3.45. The van der Waals surface area contributed by atoms with Gasteiger partial charge < -0.3 is 29.0 Å². The van der Waals surface area contributed by atoms with E-state index in [1.807, 2.05) is 51.4 Å². The second-order valence-electron chi connectivity index (χ2n) is 13.5. The molecule has 1 aliphatic rings.